The highest BCUT2D eigenvalue weighted by Crippen LogP contribution is 2.37. The zero-order chi connectivity index (χ0) is 14.5. The molecule has 0 spiro atoms. The van der Waals surface area contributed by atoms with Crippen molar-refractivity contribution in [2.45, 2.75) is 70.0 Å². The van der Waals surface area contributed by atoms with E-state index in [-0.39, 0.29) is 0 Å². The van der Waals surface area contributed by atoms with Gasteiger partial charge in [-0.25, -0.2) is 0 Å². The van der Waals surface area contributed by atoms with Crippen LogP contribution in [0.3, 0.4) is 0 Å². The van der Waals surface area contributed by atoms with Gasteiger partial charge < -0.3 is 15.1 Å². The van der Waals surface area contributed by atoms with E-state index in [4.69, 9.17) is 0 Å². The topological polar surface area (TPSA) is 18.5 Å². The van der Waals surface area contributed by atoms with Crippen molar-refractivity contribution in [1.82, 2.24) is 15.1 Å². The van der Waals surface area contributed by atoms with E-state index in [1.807, 2.05) is 0 Å². The standard InChI is InChI=1S/C16H35N3/c1-7-10-14(17-3)15(8-2)19(6)13-16(18(4)5)11-9-12-16/h14-15,17H,7-13H2,1-6H3. The molecule has 0 aliphatic heterocycles. The molecule has 0 bridgehead atoms. The number of rotatable bonds is 9. The predicted octanol–water partition coefficient (Wildman–Crippen LogP) is 2.57. The molecule has 114 valence electrons. The lowest BCUT2D eigenvalue weighted by Gasteiger charge is -2.51. The summed E-state index contributed by atoms with van der Waals surface area (Å²) >= 11 is 0. The van der Waals surface area contributed by atoms with Crippen LogP contribution in [0.25, 0.3) is 0 Å². The van der Waals surface area contributed by atoms with Crippen molar-refractivity contribution in [3.63, 3.8) is 0 Å². The van der Waals surface area contributed by atoms with E-state index in [9.17, 15) is 0 Å². The van der Waals surface area contributed by atoms with Crippen molar-refractivity contribution in [2.75, 3.05) is 34.7 Å². The molecular weight excluding hydrogens is 234 g/mol. The first kappa shape index (κ1) is 16.9. The summed E-state index contributed by atoms with van der Waals surface area (Å²) in [5, 5.41) is 3.53. The lowest BCUT2D eigenvalue weighted by molar-refractivity contribution is 0.0100. The maximum atomic E-state index is 3.53. The van der Waals surface area contributed by atoms with Gasteiger partial charge in [-0.15, -0.1) is 0 Å². The molecule has 0 saturated heterocycles. The molecule has 0 aromatic rings. The Balaban J connectivity index is 2.64. The summed E-state index contributed by atoms with van der Waals surface area (Å²) in [6.45, 7) is 5.81. The average molecular weight is 269 g/mol. The van der Waals surface area contributed by atoms with Gasteiger partial charge in [-0.1, -0.05) is 20.3 Å². The van der Waals surface area contributed by atoms with Gasteiger partial charge in [0.1, 0.15) is 0 Å². The summed E-state index contributed by atoms with van der Waals surface area (Å²) in [7, 11) is 8.92. The van der Waals surface area contributed by atoms with Gasteiger partial charge in [0.2, 0.25) is 0 Å². The van der Waals surface area contributed by atoms with Crippen LogP contribution in [0.4, 0.5) is 0 Å². The van der Waals surface area contributed by atoms with Crippen molar-refractivity contribution >= 4 is 0 Å². The van der Waals surface area contributed by atoms with Crippen LogP contribution >= 0.6 is 0 Å². The first-order valence-corrected chi connectivity index (χ1v) is 8.05. The molecule has 1 N–H and O–H groups in total. The average Bonchev–Trinajstić information content (AvgIpc) is 2.33. The Morgan fingerprint density at radius 3 is 2.11 bits per heavy atom. The summed E-state index contributed by atoms with van der Waals surface area (Å²) in [5.41, 5.74) is 0.437. The lowest BCUT2D eigenvalue weighted by Crippen LogP contribution is -2.60. The molecule has 1 aliphatic carbocycles. The van der Waals surface area contributed by atoms with Gasteiger partial charge in [-0.05, 0) is 60.3 Å². The van der Waals surface area contributed by atoms with Crippen molar-refractivity contribution in [2.24, 2.45) is 0 Å². The minimum Gasteiger partial charge on any atom is -0.315 e. The maximum Gasteiger partial charge on any atom is 0.0330 e. The van der Waals surface area contributed by atoms with Gasteiger partial charge in [0.15, 0.2) is 0 Å². The fourth-order valence-corrected chi connectivity index (χ4v) is 3.66. The van der Waals surface area contributed by atoms with Crippen molar-refractivity contribution < 1.29 is 0 Å². The second-order valence-corrected chi connectivity index (χ2v) is 6.55. The van der Waals surface area contributed by atoms with Crippen molar-refractivity contribution in [1.29, 1.82) is 0 Å². The third kappa shape index (κ3) is 3.93. The van der Waals surface area contributed by atoms with Gasteiger partial charge in [0.25, 0.3) is 0 Å². The SMILES string of the molecule is CCCC(NC)C(CC)N(C)CC1(N(C)C)CCC1. The second-order valence-electron chi connectivity index (χ2n) is 6.55. The zero-order valence-corrected chi connectivity index (χ0v) is 14.0. The Bertz CT molecular complexity index is 248. The van der Waals surface area contributed by atoms with Gasteiger partial charge in [0.05, 0.1) is 0 Å². The van der Waals surface area contributed by atoms with Crippen LogP contribution in [-0.4, -0.2) is 62.2 Å². The van der Waals surface area contributed by atoms with E-state index in [1.165, 1.54) is 45.1 Å². The van der Waals surface area contributed by atoms with Gasteiger partial charge in [0, 0.05) is 24.2 Å². The molecule has 0 heterocycles. The quantitative estimate of drug-likeness (QED) is 0.694. The van der Waals surface area contributed by atoms with Crippen molar-refractivity contribution in [3.8, 4) is 0 Å². The molecule has 0 aromatic heterocycles. The molecule has 1 rings (SSSR count). The van der Waals surface area contributed by atoms with E-state index in [0.29, 0.717) is 17.6 Å². The molecule has 2 atom stereocenters. The monoisotopic (exact) mass is 269 g/mol. The third-order valence-electron chi connectivity index (χ3n) is 5.20. The molecule has 0 radical (unpaired) electrons. The first-order chi connectivity index (χ1) is 9.00. The minimum atomic E-state index is 0.437. The Labute approximate surface area is 120 Å². The van der Waals surface area contributed by atoms with Crippen LogP contribution in [0.2, 0.25) is 0 Å². The Morgan fingerprint density at radius 2 is 1.79 bits per heavy atom. The van der Waals surface area contributed by atoms with E-state index in [1.54, 1.807) is 0 Å². The number of nitrogens with zero attached hydrogens (tertiary/aromatic N) is 2. The molecular formula is C16H35N3. The number of likely N-dealkylation sites (N-methyl/N-ethyl adjacent to an activating group) is 3. The van der Waals surface area contributed by atoms with Crippen LogP contribution in [0.15, 0.2) is 0 Å². The molecule has 3 nitrogen and oxygen atoms in total. The van der Waals surface area contributed by atoms with Gasteiger partial charge >= 0.3 is 0 Å². The van der Waals surface area contributed by atoms with Gasteiger partial charge in [-0.2, -0.15) is 0 Å². The van der Waals surface area contributed by atoms with E-state index in [2.05, 4.69) is 57.2 Å². The van der Waals surface area contributed by atoms with Gasteiger partial charge in [-0.3, -0.25) is 0 Å². The third-order valence-corrected chi connectivity index (χ3v) is 5.20. The number of nitrogens with one attached hydrogen (secondary N) is 1. The molecule has 1 saturated carbocycles. The Morgan fingerprint density at radius 1 is 1.16 bits per heavy atom. The van der Waals surface area contributed by atoms with Crippen LogP contribution < -0.4 is 5.32 Å². The molecule has 2 unspecified atom stereocenters. The van der Waals surface area contributed by atoms with E-state index in [0.717, 1.165) is 0 Å². The summed E-state index contributed by atoms with van der Waals surface area (Å²) in [6, 6.07) is 1.28. The molecule has 3 heteroatoms. The molecule has 19 heavy (non-hydrogen) atoms. The summed E-state index contributed by atoms with van der Waals surface area (Å²) in [4.78, 5) is 5.06. The fraction of sp³-hybridized carbons (Fsp3) is 1.00. The molecule has 0 amide bonds. The minimum absolute atomic E-state index is 0.437. The Hall–Kier alpha value is -0.120. The van der Waals surface area contributed by atoms with Crippen LogP contribution in [-0.2, 0) is 0 Å². The first-order valence-electron chi connectivity index (χ1n) is 8.05. The molecule has 1 aliphatic rings. The molecule has 0 aromatic carbocycles. The van der Waals surface area contributed by atoms with E-state index >= 15 is 0 Å². The normalized spacial score (nSPS) is 21.5. The second kappa shape index (κ2) is 7.61. The Kier molecular flexibility index (Phi) is 6.78. The van der Waals surface area contributed by atoms with E-state index < -0.39 is 0 Å². The highest BCUT2D eigenvalue weighted by molar-refractivity contribution is 4.99. The maximum absolute atomic E-state index is 3.53. The molecule has 1 fully saturated rings. The number of hydrogen-bond acceptors (Lipinski definition) is 3. The lowest BCUT2D eigenvalue weighted by atomic mass is 9.75. The largest absolute Gasteiger partial charge is 0.315 e. The van der Waals surface area contributed by atoms with Crippen LogP contribution in [0.5, 0.6) is 0 Å². The van der Waals surface area contributed by atoms with Crippen molar-refractivity contribution in [3.05, 3.63) is 0 Å². The highest BCUT2D eigenvalue weighted by atomic mass is 15.2. The fourth-order valence-electron chi connectivity index (χ4n) is 3.66. The summed E-state index contributed by atoms with van der Waals surface area (Å²) < 4.78 is 0. The summed E-state index contributed by atoms with van der Waals surface area (Å²) in [6.07, 6.45) is 7.87. The van der Waals surface area contributed by atoms with Crippen LogP contribution in [0, 0.1) is 0 Å². The number of hydrogen-bond donors (Lipinski definition) is 1. The predicted molar refractivity (Wildman–Crippen MR) is 84.7 cm³/mol. The highest BCUT2D eigenvalue weighted by Gasteiger charge is 2.41. The smallest absolute Gasteiger partial charge is 0.0330 e. The van der Waals surface area contributed by atoms with Crippen LogP contribution in [0.1, 0.15) is 52.4 Å². The zero-order valence-electron chi connectivity index (χ0n) is 14.0. The summed E-state index contributed by atoms with van der Waals surface area (Å²) in [5.74, 6) is 0.